The fourth-order valence-electron chi connectivity index (χ4n) is 2.19. The quantitative estimate of drug-likeness (QED) is 0.706. The Morgan fingerprint density at radius 1 is 1.50 bits per heavy atom. The van der Waals surface area contributed by atoms with Gasteiger partial charge in [-0.3, -0.25) is 0 Å². The highest BCUT2D eigenvalue weighted by Crippen LogP contribution is 2.29. The first-order valence-electron chi connectivity index (χ1n) is 7.20. The van der Waals surface area contributed by atoms with Gasteiger partial charge in [0.2, 0.25) is 0 Å². The third-order valence-corrected chi connectivity index (χ3v) is 3.91. The Balaban J connectivity index is 1.98. The van der Waals surface area contributed by atoms with E-state index < -0.39 is 5.60 Å². The average Bonchev–Trinajstić information content (AvgIpc) is 2.41. The van der Waals surface area contributed by atoms with Crippen molar-refractivity contribution in [3.8, 4) is 5.75 Å². The van der Waals surface area contributed by atoms with Crippen molar-refractivity contribution in [3.63, 3.8) is 0 Å². The fourth-order valence-corrected chi connectivity index (χ4v) is 2.65. The maximum atomic E-state index is 12.1. The number of pyridine rings is 1. The molecule has 1 amide bonds. The zero-order valence-electron chi connectivity index (χ0n) is 12.9. The van der Waals surface area contributed by atoms with E-state index in [1.807, 2.05) is 20.8 Å². The molecule has 22 heavy (non-hydrogen) atoms. The molecule has 1 aromatic heterocycles. The van der Waals surface area contributed by atoms with Gasteiger partial charge in [0.05, 0.1) is 11.0 Å². The van der Waals surface area contributed by atoms with Gasteiger partial charge < -0.3 is 14.4 Å². The number of aromatic nitrogens is 1. The van der Waals surface area contributed by atoms with E-state index in [1.165, 1.54) is 0 Å². The van der Waals surface area contributed by atoms with Crippen molar-refractivity contribution >= 4 is 33.6 Å². The molecule has 0 aliphatic carbocycles. The van der Waals surface area contributed by atoms with Crippen molar-refractivity contribution in [2.45, 2.75) is 45.3 Å². The molecule has 1 aliphatic heterocycles. The number of carbonyl (C=O) groups excluding carboxylic acids is 1. The van der Waals surface area contributed by atoms with Gasteiger partial charge in [-0.25, -0.2) is 9.78 Å². The monoisotopic (exact) mass is 390 g/mol. The van der Waals surface area contributed by atoms with Gasteiger partial charge >= 0.3 is 6.09 Å². The molecule has 1 aliphatic rings. The Morgan fingerprint density at radius 2 is 2.23 bits per heavy atom. The van der Waals surface area contributed by atoms with Crippen LogP contribution in [0.25, 0.3) is 0 Å². The third kappa shape index (κ3) is 5.02. The predicted octanol–water partition coefficient (Wildman–Crippen LogP) is 4.28. The Hall–Kier alpha value is -1.01. The van der Waals surface area contributed by atoms with Crippen molar-refractivity contribution in [3.05, 3.63) is 21.9 Å². The van der Waals surface area contributed by atoms with E-state index in [9.17, 15) is 4.79 Å². The Labute approximate surface area is 144 Å². The van der Waals surface area contributed by atoms with E-state index in [1.54, 1.807) is 17.2 Å². The second kappa shape index (κ2) is 7.04. The number of hydrogen-bond donors (Lipinski definition) is 0. The molecule has 0 bridgehead atoms. The molecule has 1 atom stereocenters. The van der Waals surface area contributed by atoms with Crippen molar-refractivity contribution in [2.24, 2.45) is 0 Å². The smallest absolute Gasteiger partial charge is 0.410 e. The molecule has 2 heterocycles. The molecule has 0 saturated carbocycles. The van der Waals surface area contributed by atoms with Gasteiger partial charge in [0.15, 0.2) is 0 Å². The van der Waals surface area contributed by atoms with Crippen LogP contribution < -0.4 is 4.74 Å². The van der Waals surface area contributed by atoms with Crippen molar-refractivity contribution in [2.75, 3.05) is 13.1 Å². The van der Waals surface area contributed by atoms with Gasteiger partial charge in [-0.15, -0.1) is 0 Å². The van der Waals surface area contributed by atoms with E-state index in [-0.39, 0.29) is 12.2 Å². The minimum atomic E-state index is -0.494. The van der Waals surface area contributed by atoms with Crippen molar-refractivity contribution in [1.82, 2.24) is 9.88 Å². The first-order valence-corrected chi connectivity index (χ1v) is 8.37. The summed E-state index contributed by atoms with van der Waals surface area (Å²) < 4.78 is 12.1. The summed E-state index contributed by atoms with van der Waals surface area (Å²) in [6.45, 7) is 6.77. The van der Waals surface area contributed by atoms with Crippen LogP contribution >= 0.6 is 27.5 Å². The number of amides is 1. The summed E-state index contributed by atoms with van der Waals surface area (Å²) in [4.78, 5) is 17.8. The zero-order valence-corrected chi connectivity index (χ0v) is 15.3. The van der Waals surface area contributed by atoms with Crippen LogP contribution in [0.2, 0.25) is 5.15 Å². The van der Waals surface area contributed by atoms with Crippen LogP contribution in [0.3, 0.4) is 0 Å². The normalized spacial score (nSPS) is 19.0. The highest BCUT2D eigenvalue weighted by atomic mass is 79.9. The van der Waals surface area contributed by atoms with Gasteiger partial charge in [0.1, 0.15) is 22.6 Å². The molecule has 1 unspecified atom stereocenters. The van der Waals surface area contributed by atoms with Gasteiger partial charge in [0, 0.05) is 18.8 Å². The standard InChI is InChI=1S/C15H20BrClN2O3/c1-15(2,3)22-14(20)19-6-4-5-10(9-19)21-12-7-13(17)18-8-11(12)16/h7-8,10H,4-6,9H2,1-3H3. The number of piperidine rings is 1. The van der Waals surface area contributed by atoms with Crippen LogP contribution in [0.5, 0.6) is 5.75 Å². The molecule has 0 aromatic carbocycles. The summed E-state index contributed by atoms with van der Waals surface area (Å²) in [5.41, 5.74) is -0.494. The van der Waals surface area contributed by atoms with E-state index in [4.69, 9.17) is 21.1 Å². The van der Waals surface area contributed by atoms with Gasteiger partial charge in [-0.05, 0) is 49.5 Å². The molecule has 1 saturated heterocycles. The topological polar surface area (TPSA) is 51.7 Å². The zero-order chi connectivity index (χ0) is 16.3. The Kier molecular flexibility index (Phi) is 5.55. The molecule has 122 valence electrons. The lowest BCUT2D eigenvalue weighted by Crippen LogP contribution is -2.46. The number of halogens is 2. The average molecular weight is 392 g/mol. The predicted molar refractivity (Wildman–Crippen MR) is 88.4 cm³/mol. The maximum absolute atomic E-state index is 12.1. The van der Waals surface area contributed by atoms with Crippen LogP contribution in [0.1, 0.15) is 33.6 Å². The molecular weight excluding hydrogens is 372 g/mol. The highest BCUT2D eigenvalue weighted by molar-refractivity contribution is 9.10. The van der Waals surface area contributed by atoms with E-state index in [0.29, 0.717) is 24.0 Å². The molecular formula is C15H20BrClN2O3. The minimum Gasteiger partial charge on any atom is -0.487 e. The summed E-state index contributed by atoms with van der Waals surface area (Å²) >= 11 is 9.28. The molecule has 1 fully saturated rings. The first kappa shape index (κ1) is 17.3. The molecule has 0 radical (unpaired) electrons. The SMILES string of the molecule is CC(C)(C)OC(=O)N1CCCC(Oc2cc(Cl)ncc2Br)C1. The number of carbonyl (C=O) groups is 1. The molecule has 5 nitrogen and oxygen atoms in total. The Morgan fingerprint density at radius 3 is 2.91 bits per heavy atom. The van der Waals surface area contributed by atoms with E-state index in [0.717, 1.165) is 17.3 Å². The maximum Gasteiger partial charge on any atom is 0.410 e. The van der Waals surface area contributed by atoms with Crippen molar-refractivity contribution < 1.29 is 14.3 Å². The Bertz CT molecular complexity index is 548. The summed E-state index contributed by atoms with van der Waals surface area (Å²) in [6.07, 6.45) is 2.97. The number of ether oxygens (including phenoxy) is 2. The summed E-state index contributed by atoms with van der Waals surface area (Å²) in [6, 6.07) is 1.66. The number of hydrogen-bond acceptors (Lipinski definition) is 4. The lowest BCUT2D eigenvalue weighted by Gasteiger charge is -2.34. The fraction of sp³-hybridized carbons (Fsp3) is 0.600. The van der Waals surface area contributed by atoms with Gasteiger partial charge in [-0.1, -0.05) is 11.6 Å². The molecule has 7 heteroatoms. The van der Waals surface area contributed by atoms with Crippen molar-refractivity contribution in [1.29, 1.82) is 0 Å². The minimum absolute atomic E-state index is 0.0870. The van der Waals surface area contributed by atoms with Crippen LogP contribution in [0.15, 0.2) is 16.7 Å². The lowest BCUT2D eigenvalue weighted by molar-refractivity contribution is 0.00766. The van der Waals surface area contributed by atoms with Crippen LogP contribution in [-0.4, -0.2) is 40.8 Å². The summed E-state index contributed by atoms with van der Waals surface area (Å²) in [5, 5.41) is 0.373. The third-order valence-electron chi connectivity index (χ3n) is 3.11. The second-order valence-corrected chi connectivity index (χ2v) is 7.49. The molecule has 1 aromatic rings. The second-order valence-electron chi connectivity index (χ2n) is 6.25. The molecule has 0 spiro atoms. The lowest BCUT2D eigenvalue weighted by atomic mass is 10.1. The van der Waals surface area contributed by atoms with Crippen LogP contribution in [-0.2, 0) is 4.74 Å². The molecule has 0 N–H and O–H groups in total. The van der Waals surface area contributed by atoms with Crippen LogP contribution in [0.4, 0.5) is 4.79 Å². The largest absolute Gasteiger partial charge is 0.487 e. The number of rotatable bonds is 2. The number of likely N-dealkylation sites (tertiary alicyclic amines) is 1. The van der Waals surface area contributed by atoms with Gasteiger partial charge in [0.25, 0.3) is 0 Å². The highest BCUT2D eigenvalue weighted by Gasteiger charge is 2.28. The first-order chi connectivity index (χ1) is 10.2. The summed E-state index contributed by atoms with van der Waals surface area (Å²) in [7, 11) is 0. The molecule has 2 rings (SSSR count). The van der Waals surface area contributed by atoms with Crippen LogP contribution in [0, 0.1) is 0 Å². The number of nitrogens with zero attached hydrogens (tertiary/aromatic N) is 2. The van der Waals surface area contributed by atoms with E-state index in [2.05, 4.69) is 20.9 Å². The summed E-state index contributed by atoms with van der Waals surface area (Å²) in [5.74, 6) is 0.635. The van der Waals surface area contributed by atoms with E-state index >= 15 is 0 Å². The van der Waals surface area contributed by atoms with Gasteiger partial charge in [-0.2, -0.15) is 0 Å².